The van der Waals surface area contributed by atoms with Crippen LogP contribution in [0.4, 0.5) is 0 Å². The van der Waals surface area contributed by atoms with E-state index in [4.69, 9.17) is 0 Å². The van der Waals surface area contributed by atoms with Gasteiger partial charge in [-0.25, -0.2) is 4.98 Å². The van der Waals surface area contributed by atoms with Gasteiger partial charge in [0.25, 0.3) is 0 Å². The zero-order chi connectivity index (χ0) is 11.8. The Bertz CT molecular complexity index is 282. The van der Waals surface area contributed by atoms with Crippen molar-refractivity contribution in [2.75, 3.05) is 0 Å². The first-order valence-electron chi connectivity index (χ1n) is 6.08. The predicted molar refractivity (Wildman–Crippen MR) is 71.8 cm³/mol. The SMILES string of the molecule is C=CCCC(CC)NC(CC)c1nccs1. The maximum Gasteiger partial charge on any atom is 0.109 e. The number of rotatable bonds is 8. The zero-order valence-electron chi connectivity index (χ0n) is 10.3. The highest BCUT2D eigenvalue weighted by atomic mass is 32.1. The van der Waals surface area contributed by atoms with Crippen LogP contribution in [-0.2, 0) is 0 Å². The second-order valence-corrected chi connectivity index (χ2v) is 4.90. The number of aromatic nitrogens is 1. The van der Waals surface area contributed by atoms with Crippen LogP contribution in [0.1, 0.15) is 50.6 Å². The van der Waals surface area contributed by atoms with Crippen molar-refractivity contribution in [2.24, 2.45) is 0 Å². The molecule has 1 heterocycles. The first-order valence-corrected chi connectivity index (χ1v) is 6.96. The molecule has 1 aromatic heterocycles. The highest BCUT2D eigenvalue weighted by Gasteiger charge is 2.15. The van der Waals surface area contributed by atoms with Crippen LogP contribution >= 0.6 is 11.3 Å². The van der Waals surface area contributed by atoms with Crippen molar-refractivity contribution in [1.82, 2.24) is 10.3 Å². The lowest BCUT2D eigenvalue weighted by Crippen LogP contribution is -2.32. The van der Waals surface area contributed by atoms with Gasteiger partial charge in [-0.3, -0.25) is 0 Å². The number of hydrogen-bond donors (Lipinski definition) is 1. The van der Waals surface area contributed by atoms with E-state index in [2.05, 4.69) is 30.7 Å². The second-order valence-electron chi connectivity index (χ2n) is 3.97. The third kappa shape index (κ3) is 4.06. The summed E-state index contributed by atoms with van der Waals surface area (Å²) in [6.07, 6.45) is 8.39. The average Bonchev–Trinajstić information content (AvgIpc) is 2.83. The van der Waals surface area contributed by atoms with E-state index in [1.54, 1.807) is 11.3 Å². The lowest BCUT2D eigenvalue weighted by molar-refractivity contribution is 0.398. The van der Waals surface area contributed by atoms with Crippen LogP contribution in [0.5, 0.6) is 0 Å². The fourth-order valence-corrected chi connectivity index (χ4v) is 2.56. The van der Waals surface area contributed by atoms with Crippen molar-refractivity contribution in [2.45, 2.75) is 51.6 Å². The van der Waals surface area contributed by atoms with E-state index in [0.717, 1.165) is 19.3 Å². The fourth-order valence-electron chi connectivity index (χ4n) is 1.78. The summed E-state index contributed by atoms with van der Waals surface area (Å²) in [5, 5.41) is 6.94. The molecule has 0 fully saturated rings. The van der Waals surface area contributed by atoms with E-state index in [9.17, 15) is 0 Å². The molecule has 0 aliphatic carbocycles. The van der Waals surface area contributed by atoms with E-state index < -0.39 is 0 Å². The van der Waals surface area contributed by atoms with E-state index in [1.807, 2.05) is 17.7 Å². The quantitative estimate of drug-likeness (QED) is 0.694. The van der Waals surface area contributed by atoms with Gasteiger partial charge in [0.2, 0.25) is 0 Å². The average molecular weight is 238 g/mol. The lowest BCUT2D eigenvalue weighted by Gasteiger charge is -2.22. The van der Waals surface area contributed by atoms with Gasteiger partial charge in [-0.1, -0.05) is 19.9 Å². The number of nitrogens with one attached hydrogen (secondary N) is 1. The monoisotopic (exact) mass is 238 g/mol. The summed E-state index contributed by atoms with van der Waals surface area (Å²) in [7, 11) is 0. The first kappa shape index (κ1) is 13.4. The molecule has 0 aromatic carbocycles. The summed E-state index contributed by atoms with van der Waals surface area (Å²) in [5.41, 5.74) is 0. The van der Waals surface area contributed by atoms with Crippen LogP contribution in [0.3, 0.4) is 0 Å². The summed E-state index contributed by atoms with van der Waals surface area (Å²) < 4.78 is 0. The minimum Gasteiger partial charge on any atom is -0.305 e. The predicted octanol–water partition coefficient (Wildman–Crippen LogP) is 3.93. The van der Waals surface area contributed by atoms with Crippen molar-refractivity contribution in [3.63, 3.8) is 0 Å². The van der Waals surface area contributed by atoms with Crippen LogP contribution in [-0.4, -0.2) is 11.0 Å². The highest BCUT2D eigenvalue weighted by molar-refractivity contribution is 7.09. The molecule has 0 bridgehead atoms. The molecule has 0 spiro atoms. The largest absolute Gasteiger partial charge is 0.305 e. The molecule has 0 aliphatic rings. The Balaban J connectivity index is 2.50. The smallest absolute Gasteiger partial charge is 0.109 e. The number of hydrogen-bond acceptors (Lipinski definition) is 3. The van der Waals surface area contributed by atoms with Gasteiger partial charge in [-0.15, -0.1) is 17.9 Å². The van der Waals surface area contributed by atoms with Crippen LogP contribution in [0.25, 0.3) is 0 Å². The van der Waals surface area contributed by atoms with Gasteiger partial charge in [0.15, 0.2) is 0 Å². The Kier molecular flexibility index (Phi) is 6.34. The summed E-state index contributed by atoms with van der Waals surface area (Å²) in [6, 6.07) is 0.988. The molecule has 0 saturated heterocycles. The molecule has 0 radical (unpaired) electrons. The minimum atomic E-state index is 0.412. The zero-order valence-corrected chi connectivity index (χ0v) is 11.1. The third-order valence-corrected chi connectivity index (χ3v) is 3.70. The number of thiazole rings is 1. The Morgan fingerprint density at radius 2 is 2.31 bits per heavy atom. The van der Waals surface area contributed by atoms with Gasteiger partial charge in [-0.05, 0) is 25.7 Å². The molecule has 1 rings (SSSR count). The van der Waals surface area contributed by atoms with Gasteiger partial charge in [0, 0.05) is 17.6 Å². The van der Waals surface area contributed by atoms with Crippen molar-refractivity contribution in [3.05, 3.63) is 29.2 Å². The van der Waals surface area contributed by atoms with E-state index in [0.29, 0.717) is 12.1 Å². The molecule has 0 aliphatic heterocycles. The topological polar surface area (TPSA) is 24.9 Å². The van der Waals surface area contributed by atoms with Gasteiger partial charge < -0.3 is 5.32 Å². The minimum absolute atomic E-state index is 0.412. The molecule has 90 valence electrons. The van der Waals surface area contributed by atoms with E-state index in [1.165, 1.54) is 11.4 Å². The molecule has 2 unspecified atom stereocenters. The second kappa shape index (κ2) is 7.58. The van der Waals surface area contributed by atoms with Gasteiger partial charge in [0.1, 0.15) is 5.01 Å². The third-order valence-electron chi connectivity index (χ3n) is 2.81. The molecule has 0 amide bonds. The summed E-state index contributed by atoms with van der Waals surface area (Å²) in [5.74, 6) is 0. The Hall–Kier alpha value is -0.670. The standard InChI is InChI=1S/C13H22N2S/c1-4-7-8-11(5-2)15-12(6-3)13-14-9-10-16-13/h4,9-12,15H,1,5-8H2,2-3H3. The number of allylic oxidation sites excluding steroid dienone is 1. The number of nitrogens with zero attached hydrogens (tertiary/aromatic N) is 1. The first-order chi connectivity index (χ1) is 7.81. The molecule has 2 nitrogen and oxygen atoms in total. The Labute approximate surface area is 103 Å². The van der Waals surface area contributed by atoms with Crippen molar-refractivity contribution in [1.29, 1.82) is 0 Å². The molecular formula is C13H22N2S. The van der Waals surface area contributed by atoms with Gasteiger partial charge >= 0.3 is 0 Å². The van der Waals surface area contributed by atoms with Crippen LogP contribution in [0.2, 0.25) is 0 Å². The van der Waals surface area contributed by atoms with Crippen LogP contribution in [0, 0.1) is 0 Å². The van der Waals surface area contributed by atoms with Crippen LogP contribution in [0.15, 0.2) is 24.2 Å². The van der Waals surface area contributed by atoms with Crippen molar-refractivity contribution >= 4 is 11.3 Å². The summed E-state index contributed by atoms with van der Waals surface area (Å²) in [4.78, 5) is 4.39. The molecule has 3 heteroatoms. The van der Waals surface area contributed by atoms with Gasteiger partial charge in [0.05, 0.1) is 6.04 Å². The summed E-state index contributed by atoms with van der Waals surface area (Å²) in [6.45, 7) is 8.22. The van der Waals surface area contributed by atoms with E-state index >= 15 is 0 Å². The molecule has 1 N–H and O–H groups in total. The Morgan fingerprint density at radius 3 is 2.81 bits per heavy atom. The maximum atomic E-state index is 4.39. The molecule has 0 saturated carbocycles. The van der Waals surface area contributed by atoms with Crippen LogP contribution < -0.4 is 5.32 Å². The molecule has 16 heavy (non-hydrogen) atoms. The Morgan fingerprint density at radius 1 is 1.50 bits per heavy atom. The molecular weight excluding hydrogens is 216 g/mol. The molecule has 2 atom stereocenters. The van der Waals surface area contributed by atoms with Crippen molar-refractivity contribution < 1.29 is 0 Å². The molecule has 1 aromatic rings. The normalized spacial score (nSPS) is 14.6. The summed E-state index contributed by atoms with van der Waals surface area (Å²) >= 11 is 1.74. The van der Waals surface area contributed by atoms with E-state index in [-0.39, 0.29) is 0 Å². The highest BCUT2D eigenvalue weighted by Crippen LogP contribution is 2.20. The maximum absolute atomic E-state index is 4.39. The van der Waals surface area contributed by atoms with Crippen molar-refractivity contribution in [3.8, 4) is 0 Å². The fraction of sp³-hybridized carbons (Fsp3) is 0.615. The lowest BCUT2D eigenvalue weighted by atomic mass is 10.1. The van der Waals surface area contributed by atoms with Gasteiger partial charge in [-0.2, -0.15) is 0 Å².